The van der Waals surface area contributed by atoms with E-state index < -0.39 is 0 Å². The lowest BCUT2D eigenvalue weighted by Gasteiger charge is -2.04. The van der Waals surface area contributed by atoms with Gasteiger partial charge in [-0.05, 0) is 24.0 Å². The van der Waals surface area contributed by atoms with Crippen molar-refractivity contribution in [2.75, 3.05) is 11.5 Å². The third kappa shape index (κ3) is 1.68. The van der Waals surface area contributed by atoms with Crippen LogP contribution in [0.4, 0.5) is 5.69 Å². The summed E-state index contributed by atoms with van der Waals surface area (Å²) < 4.78 is 0. The molecule has 0 radical (unpaired) electrons. The molecule has 2 aromatic rings. The number of rotatable bonds is 2. The molecule has 0 saturated heterocycles. The van der Waals surface area contributed by atoms with E-state index in [1.165, 1.54) is 4.90 Å². The number of hydrogen-bond acceptors (Lipinski definition) is 3. The molecule has 2 rings (SSSR count). The van der Waals surface area contributed by atoms with Gasteiger partial charge in [-0.1, -0.05) is 13.0 Å². The fraction of sp³-hybridized carbons (Fsp3) is 0.182. The van der Waals surface area contributed by atoms with Crippen LogP contribution < -0.4 is 5.73 Å². The van der Waals surface area contributed by atoms with Crippen LogP contribution in [0.1, 0.15) is 6.92 Å². The van der Waals surface area contributed by atoms with Crippen LogP contribution in [0.25, 0.3) is 10.9 Å². The topological polar surface area (TPSA) is 38.9 Å². The first-order valence-corrected chi connectivity index (χ1v) is 5.57. The highest BCUT2D eigenvalue weighted by atomic mass is 32.2. The summed E-state index contributed by atoms with van der Waals surface area (Å²) in [5.74, 6) is 1.06. The van der Waals surface area contributed by atoms with Crippen LogP contribution in [-0.2, 0) is 0 Å². The fourth-order valence-electron chi connectivity index (χ4n) is 1.42. The Labute approximate surface area is 87.5 Å². The molecule has 0 aliphatic heterocycles. The van der Waals surface area contributed by atoms with E-state index in [9.17, 15) is 0 Å². The second-order valence-corrected chi connectivity index (χ2v) is 4.33. The summed E-state index contributed by atoms with van der Waals surface area (Å²) in [5, 5.41) is 1.15. The van der Waals surface area contributed by atoms with E-state index in [1.54, 1.807) is 6.20 Å². The van der Waals surface area contributed by atoms with E-state index in [4.69, 9.17) is 5.73 Å². The number of benzene rings is 1. The van der Waals surface area contributed by atoms with Gasteiger partial charge in [-0.2, -0.15) is 0 Å². The zero-order chi connectivity index (χ0) is 9.97. The van der Waals surface area contributed by atoms with Gasteiger partial charge in [0.05, 0.1) is 17.4 Å². The molecule has 3 heteroatoms. The Morgan fingerprint density at radius 3 is 3.07 bits per heavy atom. The smallest absolute Gasteiger partial charge is 0.0714 e. The van der Waals surface area contributed by atoms with Crippen LogP contribution in [-0.4, -0.2) is 10.7 Å². The van der Waals surface area contributed by atoms with Crippen molar-refractivity contribution in [3.63, 3.8) is 0 Å². The molecule has 14 heavy (non-hydrogen) atoms. The molecule has 0 spiro atoms. The van der Waals surface area contributed by atoms with Gasteiger partial charge < -0.3 is 5.73 Å². The summed E-state index contributed by atoms with van der Waals surface area (Å²) in [6.45, 7) is 2.14. The Bertz CT molecular complexity index is 454. The molecule has 0 atom stereocenters. The molecule has 0 saturated carbocycles. The number of thioether (sulfide) groups is 1. The lowest BCUT2D eigenvalue weighted by Crippen LogP contribution is -1.88. The van der Waals surface area contributed by atoms with Crippen LogP contribution in [0.2, 0.25) is 0 Å². The van der Waals surface area contributed by atoms with Crippen LogP contribution in [0.5, 0.6) is 0 Å². The van der Waals surface area contributed by atoms with Crippen molar-refractivity contribution < 1.29 is 0 Å². The lowest BCUT2D eigenvalue weighted by atomic mass is 10.2. The third-order valence-corrected chi connectivity index (χ3v) is 2.96. The standard InChI is InChI=1S/C11H12N2S/c1-2-14-11-5-3-4-10-9(11)6-8(12)7-13-10/h3-7H,2,12H2,1H3. The molecule has 0 fully saturated rings. The Hall–Kier alpha value is -1.22. The maximum Gasteiger partial charge on any atom is 0.0714 e. The maximum atomic E-state index is 5.72. The second-order valence-electron chi connectivity index (χ2n) is 3.02. The van der Waals surface area contributed by atoms with Crippen molar-refractivity contribution in [2.24, 2.45) is 0 Å². The summed E-state index contributed by atoms with van der Waals surface area (Å²) in [6.07, 6.45) is 1.70. The first-order chi connectivity index (χ1) is 6.81. The molecule has 0 bridgehead atoms. The first-order valence-electron chi connectivity index (χ1n) is 4.58. The number of nitrogen functional groups attached to an aromatic ring is 1. The fourth-order valence-corrected chi connectivity index (χ4v) is 2.22. The average molecular weight is 204 g/mol. The van der Waals surface area contributed by atoms with E-state index in [2.05, 4.69) is 18.0 Å². The van der Waals surface area contributed by atoms with Gasteiger partial charge in [-0.3, -0.25) is 4.98 Å². The first kappa shape index (κ1) is 9.34. The van der Waals surface area contributed by atoms with Gasteiger partial charge in [0.15, 0.2) is 0 Å². The molecule has 0 unspecified atom stereocenters. The highest BCUT2D eigenvalue weighted by Crippen LogP contribution is 2.27. The van der Waals surface area contributed by atoms with Crippen molar-refractivity contribution >= 4 is 28.4 Å². The van der Waals surface area contributed by atoms with Crippen LogP contribution in [0.15, 0.2) is 35.4 Å². The van der Waals surface area contributed by atoms with Gasteiger partial charge in [-0.25, -0.2) is 0 Å². The Morgan fingerprint density at radius 1 is 1.43 bits per heavy atom. The number of nitrogens with zero attached hydrogens (tertiary/aromatic N) is 1. The third-order valence-electron chi connectivity index (χ3n) is 2.01. The van der Waals surface area contributed by atoms with Gasteiger partial charge in [0, 0.05) is 10.3 Å². The minimum Gasteiger partial charge on any atom is -0.397 e. The number of anilines is 1. The van der Waals surface area contributed by atoms with E-state index >= 15 is 0 Å². The van der Waals surface area contributed by atoms with Gasteiger partial charge in [-0.15, -0.1) is 11.8 Å². The molecule has 1 aromatic carbocycles. The molecule has 72 valence electrons. The van der Waals surface area contributed by atoms with E-state index in [-0.39, 0.29) is 0 Å². The summed E-state index contributed by atoms with van der Waals surface area (Å²) in [6, 6.07) is 8.13. The second kappa shape index (κ2) is 3.88. The highest BCUT2D eigenvalue weighted by Gasteiger charge is 2.01. The average Bonchev–Trinajstić information content (AvgIpc) is 2.19. The maximum absolute atomic E-state index is 5.72. The number of nitrogens with two attached hydrogens (primary N) is 1. The van der Waals surface area contributed by atoms with Crippen LogP contribution >= 0.6 is 11.8 Å². The Morgan fingerprint density at radius 2 is 2.29 bits per heavy atom. The van der Waals surface area contributed by atoms with E-state index in [0.717, 1.165) is 22.3 Å². The summed E-state index contributed by atoms with van der Waals surface area (Å²) in [5.41, 5.74) is 7.45. The number of aromatic nitrogens is 1. The predicted molar refractivity (Wildman–Crippen MR) is 62.6 cm³/mol. The minimum atomic E-state index is 0.724. The van der Waals surface area contributed by atoms with Crippen molar-refractivity contribution in [1.82, 2.24) is 4.98 Å². The van der Waals surface area contributed by atoms with Crippen molar-refractivity contribution in [3.05, 3.63) is 30.5 Å². The van der Waals surface area contributed by atoms with Crippen molar-refractivity contribution in [1.29, 1.82) is 0 Å². The van der Waals surface area contributed by atoms with Crippen LogP contribution in [0, 0.1) is 0 Å². The molecular weight excluding hydrogens is 192 g/mol. The van der Waals surface area contributed by atoms with Gasteiger partial charge in [0.1, 0.15) is 0 Å². The molecule has 2 N–H and O–H groups in total. The van der Waals surface area contributed by atoms with Crippen LogP contribution in [0.3, 0.4) is 0 Å². The number of hydrogen-bond donors (Lipinski definition) is 1. The summed E-state index contributed by atoms with van der Waals surface area (Å²) in [7, 11) is 0. The zero-order valence-corrected chi connectivity index (χ0v) is 8.84. The molecule has 2 nitrogen and oxygen atoms in total. The predicted octanol–water partition coefficient (Wildman–Crippen LogP) is 2.93. The van der Waals surface area contributed by atoms with E-state index in [0.29, 0.717) is 0 Å². The summed E-state index contributed by atoms with van der Waals surface area (Å²) >= 11 is 1.82. The molecular formula is C11H12N2S. The normalized spacial score (nSPS) is 10.6. The lowest BCUT2D eigenvalue weighted by molar-refractivity contribution is 1.38. The van der Waals surface area contributed by atoms with Gasteiger partial charge >= 0.3 is 0 Å². The molecule has 0 aliphatic rings. The molecule has 0 amide bonds. The largest absolute Gasteiger partial charge is 0.397 e. The molecule has 1 aromatic heterocycles. The quantitative estimate of drug-likeness (QED) is 0.764. The SMILES string of the molecule is CCSc1cccc2ncc(N)cc12. The highest BCUT2D eigenvalue weighted by molar-refractivity contribution is 7.99. The molecule has 0 aliphatic carbocycles. The zero-order valence-electron chi connectivity index (χ0n) is 8.03. The Balaban J connectivity index is 2.64. The van der Waals surface area contributed by atoms with E-state index in [1.807, 2.05) is 30.0 Å². The van der Waals surface area contributed by atoms with Crippen molar-refractivity contribution in [3.8, 4) is 0 Å². The minimum absolute atomic E-state index is 0.724. The summed E-state index contributed by atoms with van der Waals surface area (Å²) in [4.78, 5) is 5.54. The number of pyridine rings is 1. The van der Waals surface area contributed by atoms with Gasteiger partial charge in [0.25, 0.3) is 0 Å². The van der Waals surface area contributed by atoms with Crippen molar-refractivity contribution in [2.45, 2.75) is 11.8 Å². The van der Waals surface area contributed by atoms with Gasteiger partial charge in [0.2, 0.25) is 0 Å². The monoisotopic (exact) mass is 204 g/mol. The number of fused-ring (bicyclic) bond motifs is 1. The Kier molecular flexibility index (Phi) is 2.59. The molecule has 1 heterocycles.